The zero-order valence-corrected chi connectivity index (χ0v) is 27.2. The molecule has 0 bridgehead atoms. The molecule has 1 heterocycles. The normalized spacial score (nSPS) is 11.3. The number of hydrogen-bond donors (Lipinski definition) is 0. The quantitative estimate of drug-likeness (QED) is 0.175. The predicted molar refractivity (Wildman–Crippen MR) is 200 cm³/mol. The maximum Gasteiger partial charge on any atom is 0.0708 e. The van der Waals surface area contributed by atoms with Crippen LogP contribution in [0.15, 0.2) is 157 Å². The molecular weight excluding hydrogens is 563 g/mol. The van der Waals surface area contributed by atoms with Gasteiger partial charge < -0.3 is 0 Å². The molecule has 0 saturated heterocycles. The first kappa shape index (κ1) is 30.0. The van der Waals surface area contributed by atoms with Crippen molar-refractivity contribution in [2.75, 3.05) is 0 Å². The van der Waals surface area contributed by atoms with Gasteiger partial charge in [0.05, 0.1) is 11.4 Å². The number of fused-ring (bicyclic) bond motifs is 5. The molecule has 0 N–H and O–H groups in total. The van der Waals surface area contributed by atoms with Gasteiger partial charge in [0.15, 0.2) is 0 Å². The van der Waals surface area contributed by atoms with E-state index in [-0.39, 0.29) is 0 Å². The summed E-state index contributed by atoms with van der Waals surface area (Å²) < 4.78 is 2.78. The maximum atomic E-state index is 4.70. The Hall–Kier alpha value is -5.05. The molecule has 0 amide bonds. The molecule has 7 aromatic rings. The van der Waals surface area contributed by atoms with Crippen molar-refractivity contribution in [1.82, 2.24) is 0 Å². The minimum absolute atomic E-state index is 0.780. The Kier molecular flexibility index (Phi) is 8.86. The fourth-order valence-corrected chi connectivity index (χ4v) is 7.15. The van der Waals surface area contributed by atoms with Crippen LogP contribution in [0.2, 0.25) is 0 Å². The van der Waals surface area contributed by atoms with Gasteiger partial charge in [-0.1, -0.05) is 140 Å². The van der Waals surface area contributed by atoms with Crippen molar-refractivity contribution < 1.29 is 0 Å². The summed E-state index contributed by atoms with van der Waals surface area (Å²) in [5, 5.41) is 5.47. The Labute approximate surface area is 270 Å². The fourth-order valence-electron chi connectivity index (χ4n) is 5.83. The molecule has 45 heavy (non-hydrogen) atoms. The SMILES string of the molecule is C=C(N=C(C=C(C)C)c1ccccc1)c1ccccc1.Cc1ccccc1-c1ccc2ccc3c4ccccc4sc3c2c1C. The topological polar surface area (TPSA) is 12.4 Å². The van der Waals surface area contributed by atoms with Gasteiger partial charge in [-0.05, 0) is 73.0 Å². The Morgan fingerprint density at radius 3 is 1.96 bits per heavy atom. The molecule has 2 heteroatoms. The van der Waals surface area contributed by atoms with E-state index in [1.54, 1.807) is 0 Å². The highest BCUT2D eigenvalue weighted by Crippen LogP contribution is 2.41. The number of rotatable bonds is 5. The van der Waals surface area contributed by atoms with Gasteiger partial charge in [0, 0.05) is 31.1 Å². The third kappa shape index (κ3) is 6.43. The van der Waals surface area contributed by atoms with Crippen molar-refractivity contribution >= 4 is 53.7 Å². The zero-order chi connectivity index (χ0) is 31.3. The molecule has 0 spiro atoms. The highest BCUT2D eigenvalue weighted by Gasteiger charge is 2.13. The van der Waals surface area contributed by atoms with Crippen molar-refractivity contribution in [3.05, 3.63) is 174 Å². The molecular formula is C43H37NS. The van der Waals surface area contributed by atoms with Crippen molar-refractivity contribution in [3.8, 4) is 11.1 Å². The Balaban J connectivity index is 0.000000164. The lowest BCUT2D eigenvalue weighted by molar-refractivity contribution is 1.39. The number of aliphatic imine (C=N–C) groups is 1. The van der Waals surface area contributed by atoms with Crippen molar-refractivity contribution in [2.45, 2.75) is 27.7 Å². The molecule has 220 valence electrons. The first-order valence-corrected chi connectivity index (χ1v) is 16.2. The van der Waals surface area contributed by atoms with E-state index in [0.29, 0.717) is 0 Å². The summed E-state index contributed by atoms with van der Waals surface area (Å²) in [6.45, 7) is 12.7. The van der Waals surface area contributed by atoms with E-state index in [1.165, 1.54) is 58.8 Å². The van der Waals surface area contributed by atoms with Gasteiger partial charge in [-0.25, -0.2) is 4.99 Å². The first-order chi connectivity index (χ1) is 21.9. The maximum absolute atomic E-state index is 4.70. The van der Waals surface area contributed by atoms with E-state index >= 15 is 0 Å². The van der Waals surface area contributed by atoms with Gasteiger partial charge >= 0.3 is 0 Å². The molecule has 0 aliphatic heterocycles. The molecule has 0 aliphatic carbocycles. The summed E-state index contributed by atoms with van der Waals surface area (Å²) in [5.41, 5.74) is 10.5. The summed E-state index contributed by atoms with van der Waals surface area (Å²) in [6.07, 6.45) is 2.09. The van der Waals surface area contributed by atoms with E-state index < -0.39 is 0 Å². The third-order valence-electron chi connectivity index (χ3n) is 8.08. The highest BCUT2D eigenvalue weighted by atomic mass is 32.1. The lowest BCUT2D eigenvalue weighted by Gasteiger charge is -2.13. The molecule has 0 unspecified atom stereocenters. The van der Waals surface area contributed by atoms with Crippen LogP contribution in [-0.4, -0.2) is 5.71 Å². The predicted octanol–water partition coefficient (Wildman–Crippen LogP) is 12.6. The molecule has 1 aromatic heterocycles. The van der Waals surface area contributed by atoms with Crippen LogP contribution in [0.3, 0.4) is 0 Å². The van der Waals surface area contributed by atoms with Crippen LogP contribution in [0.1, 0.15) is 36.1 Å². The average Bonchev–Trinajstić information content (AvgIpc) is 3.45. The molecule has 0 atom stereocenters. The van der Waals surface area contributed by atoms with Gasteiger partial charge in [0.2, 0.25) is 0 Å². The van der Waals surface area contributed by atoms with Crippen molar-refractivity contribution in [1.29, 1.82) is 0 Å². The van der Waals surface area contributed by atoms with Gasteiger partial charge in [-0.15, -0.1) is 11.3 Å². The second-order valence-electron chi connectivity index (χ2n) is 11.6. The molecule has 0 radical (unpaired) electrons. The summed E-state index contributed by atoms with van der Waals surface area (Å²) in [7, 11) is 0. The zero-order valence-electron chi connectivity index (χ0n) is 26.3. The van der Waals surface area contributed by atoms with Crippen LogP contribution >= 0.6 is 11.3 Å². The van der Waals surface area contributed by atoms with Gasteiger partial charge in [0.1, 0.15) is 0 Å². The second-order valence-corrected chi connectivity index (χ2v) is 12.6. The van der Waals surface area contributed by atoms with Crippen LogP contribution in [0, 0.1) is 13.8 Å². The van der Waals surface area contributed by atoms with Gasteiger partial charge in [0.25, 0.3) is 0 Å². The van der Waals surface area contributed by atoms with Gasteiger partial charge in [-0.3, -0.25) is 0 Å². The van der Waals surface area contributed by atoms with Crippen LogP contribution < -0.4 is 0 Å². The van der Waals surface area contributed by atoms with Crippen LogP contribution in [0.25, 0.3) is 47.8 Å². The molecule has 1 nitrogen and oxygen atoms in total. The monoisotopic (exact) mass is 599 g/mol. The largest absolute Gasteiger partial charge is 0.248 e. The summed E-state index contributed by atoms with van der Waals surface area (Å²) in [6, 6.07) is 46.7. The van der Waals surface area contributed by atoms with E-state index in [2.05, 4.69) is 125 Å². The Morgan fingerprint density at radius 2 is 1.24 bits per heavy atom. The Bertz CT molecular complexity index is 2190. The molecule has 6 aromatic carbocycles. The van der Waals surface area contributed by atoms with Crippen molar-refractivity contribution in [2.24, 2.45) is 4.99 Å². The third-order valence-corrected chi connectivity index (χ3v) is 9.28. The first-order valence-electron chi connectivity index (χ1n) is 15.3. The fraction of sp³-hybridized carbons (Fsp3) is 0.0930. The highest BCUT2D eigenvalue weighted by molar-refractivity contribution is 7.26. The summed E-state index contributed by atoms with van der Waals surface area (Å²) in [4.78, 5) is 4.70. The number of thiophene rings is 1. The molecule has 0 saturated carbocycles. The van der Waals surface area contributed by atoms with Gasteiger partial charge in [-0.2, -0.15) is 0 Å². The Morgan fingerprint density at radius 1 is 0.622 bits per heavy atom. The molecule has 0 aliphatic rings. The average molecular weight is 600 g/mol. The van der Waals surface area contributed by atoms with E-state index in [4.69, 9.17) is 4.99 Å². The van der Waals surface area contributed by atoms with E-state index in [1.807, 2.05) is 59.9 Å². The molecule has 7 rings (SSSR count). The number of aryl methyl sites for hydroxylation is 2. The lowest BCUT2D eigenvalue weighted by Crippen LogP contribution is -1.98. The minimum atomic E-state index is 0.780. The number of allylic oxidation sites excluding steroid dienone is 2. The van der Waals surface area contributed by atoms with E-state index in [9.17, 15) is 0 Å². The number of nitrogens with zero attached hydrogens (tertiary/aromatic N) is 1. The molecule has 0 fully saturated rings. The second kappa shape index (κ2) is 13.3. The summed E-state index contributed by atoms with van der Waals surface area (Å²) >= 11 is 1.91. The lowest BCUT2D eigenvalue weighted by atomic mass is 9.92. The minimum Gasteiger partial charge on any atom is -0.248 e. The smallest absolute Gasteiger partial charge is 0.0708 e. The van der Waals surface area contributed by atoms with E-state index in [0.717, 1.165) is 22.5 Å². The summed E-state index contributed by atoms with van der Waals surface area (Å²) in [5.74, 6) is 0. The number of hydrogen-bond acceptors (Lipinski definition) is 2. The van der Waals surface area contributed by atoms with Crippen molar-refractivity contribution in [3.63, 3.8) is 0 Å². The van der Waals surface area contributed by atoms with Crippen LogP contribution in [0.5, 0.6) is 0 Å². The number of benzene rings is 6. The van der Waals surface area contributed by atoms with Crippen LogP contribution in [0.4, 0.5) is 0 Å². The standard InChI is InChI=1S/C24H18S.C19H19N/c1-15-7-3-4-8-18(15)19-13-11-17-12-14-21-20-9-5-6-10-22(20)25-24(21)23(17)16(19)2;1-15(2)14-19(18-12-8-5-9-13-18)20-16(3)17-10-6-4-7-11-17/h3-14H,1-2H3;4-14H,3H2,1-2H3. The van der Waals surface area contributed by atoms with Crippen LogP contribution in [-0.2, 0) is 0 Å².